The lowest BCUT2D eigenvalue weighted by atomic mass is 9.76. The Morgan fingerprint density at radius 2 is 1.92 bits per heavy atom. The van der Waals surface area contributed by atoms with Gasteiger partial charge in [0.05, 0.1) is 0 Å². The van der Waals surface area contributed by atoms with Crippen molar-refractivity contribution in [3.05, 3.63) is 0 Å². The summed E-state index contributed by atoms with van der Waals surface area (Å²) < 4.78 is 0. The number of rotatable bonds is 0. The SMILES string of the molecule is C#CC1(O)CN2CCC1CC2.CC. The number of aliphatic hydroxyl groups is 1. The van der Waals surface area contributed by atoms with Crippen molar-refractivity contribution in [1.82, 2.24) is 4.90 Å². The van der Waals surface area contributed by atoms with Gasteiger partial charge >= 0.3 is 0 Å². The van der Waals surface area contributed by atoms with Crippen molar-refractivity contribution >= 4 is 0 Å². The Kier molecular flexibility index (Phi) is 3.35. The van der Waals surface area contributed by atoms with E-state index in [2.05, 4.69) is 10.8 Å². The number of nitrogens with zero attached hydrogens (tertiary/aromatic N) is 1. The molecule has 2 nitrogen and oxygen atoms in total. The normalized spacial score (nSPS) is 41.7. The topological polar surface area (TPSA) is 23.5 Å². The molecule has 1 atom stereocenters. The molecule has 1 unspecified atom stereocenters. The van der Waals surface area contributed by atoms with Crippen LogP contribution in [0.4, 0.5) is 0 Å². The van der Waals surface area contributed by atoms with Crippen LogP contribution in [-0.2, 0) is 0 Å². The van der Waals surface area contributed by atoms with Crippen LogP contribution in [-0.4, -0.2) is 35.2 Å². The lowest BCUT2D eigenvalue weighted by Crippen LogP contribution is -2.58. The van der Waals surface area contributed by atoms with E-state index in [4.69, 9.17) is 6.42 Å². The van der Waals surface area contributed by atoms with Crippen LogP contribution in [0.1, 0.15) is 26.7 Å². The van der Waals surface area contributed by atoms with Crippen LogP contribution in [0.3, 0.4) is 0 Å². The van der Waals surface area contributed by atoms with Crippen LogP contribution in [0.25, 0.3) is 0 Å². The smallest absolute Gasteiger partial charge is 0.140 e. The van der Waals surface area contributed by atoms with Gasteiger partial charge in [-0.3, -0.25) is 4.90 Å². The van der Waals surface area contributed by atoms with Gasteiger partial charge in [0.25, 0.3) is 0 Å². The Bertz CT molecular complexity index is 201. The van der Waals surface area contributed by atoms with Crippen LogP contribution in [0, 0.1) is 18.3 Å². The molecule has 0 aromatic heterocycles. The van der Waals surface area contributed by atoms with Gasteiger partial charge in [-0.2, -0.15) is 0 Å². The second kappa shape index (κ2) is 4.13. The first-order chi connectivity index (χ1) is 6.24. The minimum absolute atomic E-state index is 0.359. The van der Waals surface area contributed by atoms with E-state index >= 15 is 0 Å². The summed E-state index contributed by atoms with van der Waals surface area (Å²) in [5.41, 5.74) is -0.809. The second-order valence-corrected chi connectivity index (χ2v) is 3.62. The maximum Gasteiger partial charge on any atom is 0.140 e. The van der Waals surface area contributed by atoms with Gasteiger partial charge in [-0.25, -0.2) is 0 Å². The largest absolute Gasteiger partial charge is 0.376 e. The van der Waals surface area contributed by atoms with Gasteiger partial charge in [0, 0.05) is 12.5 Å². The average molecular weight is 181 g/mol. The Labute approximate surface area is 80.9 Å². The Morgan fingerprint density at radius 3 is 2.15 bits per heavy atom. The molecule has 3 saturated heterocycles. The fraction of sp³-hybridized carbons (Fsp3) is 0.818. The highest BCUT2D eigenvalue weighted by atomic mass is 16.3. The van der Waals surface area contributed by atoms with Gasteiger partial charge < -0.3 is 5.11 Å². The van der Waals surface area contributed by atoms with E-state index < -0.39 is 5.60 Å². The quantitative estimate of drug-likeness (QED) is 0.566. The summed E-state index contributed by atoms with van der Waals surface area (Å²) in [4.78, 5) is 2.25. The standard InChI is InChI=1S/C9H13NO.C2H6/c1-2-9(11)7-10-5-3-8(9)4-6-10;1-2/h1,8,11H,3-7H2;1-2H3. The minimum Gasteiger partial charge on any atom is -0.376 e. The lowest BCUT2D eigenvalue weighted by molar-refractivity contribution is -0.0712. The molecule has 1 N–H and O–H groups in total. The lowest BCUT2D eigenvalue weighted by Gasteiger charge is -2.47. The first-order valence-electron chi connectivity index (χ1n) is 5.17. The number of hydrogen-bond donors (Lipinski definition) is 1. The Balaban J connectivity index is 0.000000396. The monoisotopic (exact) mass is 181 g/mol. The molecule has 74 valence electrons. The minimum atomic E-state index is -0.809. The van der Waals surface area contributed by atoms with Gasteiger partial charge in [-0.05, 0) is 25.9 Å². The predicted molar refractivity (Wildman–Crippen MR) is 54.3 cm³/mol. The van der Waals surface area contributed by atoms with E-state index in [1.807, 2.05) is 13.8 Å². The van der Waals surface area contributed by atoms with Gasteiger partial charge in [-0.15, -0.1) is 6.42 Å². The molecule has 0 spiro atoms. The molecule has 0 radical (unpaired) electrons. The summed E-state index contributed by atoms with van der Waals surface area (Å²) >= 11 is 0. The van der Waals surface area contributed by atoms with Gasteiger partial charge in [0.2, 0.25) is 0 Å². The molecule has 2 heteroatoms. The molecule has 0 aromatic rings. The Morgan fingerprint density at radius 1 is 1.38 bits per heavy atom. The van der Waals surface area contributed by atoms with Gasteiger partial charge in [-0.1, -0.05) is 19.8 Å². The fourth-order valence-corrected chi connectivity index (χ4v) is 2.20. The fourth-order valence-electron chi connectivity index (χ4n) is 2.20. The molecular weight excluding hydrogens is 162 g/mol. The van der Waals surface area contributed by atoms with Crippen molar-refractivity contribution in [3.63, 3.8) is 0 Å². The van der Waals surface area contributed by atoms with Crippen molar-refractivity contribution in [1.29, 1.82) is 0 Å². The van der Waals surface area contributed by atoms with E-state index in [0.717, 1.165) is 25.9 Å². The maximum absolute atomic E-state index is 9.89. The third-order valence-electron chi connectivity index (χ3n) is 2.98. The zero-order valence-corrected chi connectivity index (χ0v) is 8.58. The predicted octanol–water partition coefficient (Wildman–Crippen LogP) is 1.10. The maximum atomic E-state index is 9.89. The molecule has 13 heavy (non-hydrogen) atoms. The molecule has 3 rings (SSSR count). The molecule has 3 heterocycles. The first kappa shape index (κ1) is 10.6. The molecule has 3 aliphatic rings. The first-order valence-corrected chi connectivity index (χ1v) is 5.17. The molecule has 3 fully saturated rings. The van der Waals surface area contributed by atoms with Crippen LogP contribution in [0.2, 0.25) is 0 Å². The van der Waals surface area contributed by atoms with Crippen molar-refractivity contribution in [3.8, 4) is 12.3 Å². The summed E-state index contributed by atoms with van der Waals surface area (Å²) in [5.74, 6) is 2.88. The van der Waals surface area contributed by atoms with Crippen LogP contribution >= 0.6 is 0 Å². The van der Waals surface area contributed by atoms with Crippen molar-refractivity contribution in [2.24, 2.45) is 5.92 Å². The van der Waals surface area contributed by atoms with Crippen LogP contribution in [0.5, 0.6) is 0 Å². The van der Waals surface area contributed by atoms with Gasteiger partial charge in [0.1, 0.15) is 5.60 Å². The van der Waals surface area contributed by atoms with E-state index in [0.29, 0.717) is 12.5 Å². The number of terminal acetylenes is 1. The van der Waals surface area contributed by atoms with E-state index in [1.165, 1.54) is 0 Å². The molecule has 0 aromatic carbocycles. The van der Waals surface area contributed by atoms with E-state index in [1.54, 1.807) is 0 Å². The highest BCUT2D eigenvalue weighted by molar-refractivity contribution is 5.15. The summed E-state index contributed by atoms with van der Waals surface area (Å²) in [6.07, 6.45) is 7.44. The highest BCUT2D eigenvalue weighted by Crippen LogP contribution is 2.34. The molecule has 2 bridgehead atoms. The summed E-state index contributed by atoms with van der Waals surface area (Å²) in [6.45, 7) is 6.93. The third-order valence-corrected chi connectivity index (χ3v) is 2.98. The molecule has 3 aliphatic heterocycles. The summed E-state index contributed by atoms with van der Waals surface area (Å²) in [7, 11) is 0. The summed E-state index contributed by atoms with van der Waals surface area (Å²) in [5, 5.41) is 9.89. The third kappa shape index (κ3) is 1.87. The second-order valence-electron chi connectivity index (χ2n) is 3.62. The van der Waals surface area contributed by atoms with Gasteiger partial charge in [0.15, 0.2) is 0 Å². The number of fused-ring (bicyclic) bond motifs is 3. The van der Waals surface area contributed by atoms with E-state index in [9.17, 15) is 5.11 Å². The highest BCUT2D eigenvalue weighted by Gasteiger charge is 2.43. The molecule has 0 aliphatic carbocycles. The zero-order valence-electron chi connectivity index (χ0n) is 8.58. The average Bonchev–Trinajstić information content (AvgIpc) is 2.22. The van der Waals surface area contributed by atoms with Crippen LogP contribution in [0.15, 0.2) is 0 Å². The molecule has 0 amide bonds. The van der Waals surface area contributed by atoms with E-state index in [-0.39, 0.29) is 0 Å². The molecular formula is C11H19NO. The van der Waals surface area contributed by atoms with Crippen LogP contribution < -0.4 is 0 Å². The van der Waals surface area contributed by atoms with Crippen molar-refractivity contribution in [2.75, 3.05) is 19.6 Å². The van der Waals surface area contributed by atoms with Crippen molar-refractivity contribution < 1.29 is 5.11 Å². The summed E-state index contributed by atoms with van der Waals surface area (Å²) in [6, 6.07) is 0. The number of piperidine rings is 3. The molecule has 0 saturated carbocycles. The van der Waals surface area contributed by atoms with Crippen molar-refractivity contribution in [2.45, 2.75) is 32.3 Å². The zero-order chi connectivity index (χ0) is 9.90. The number of hydrogen-bond acceptors (Lipinski definition) is 2. The Hall–Kier alpha value is -0.520.